The minimum Gasteiger partial charge on any atom is -0.309 e. The van der Waals surface area contributed by atoms with Gasteiger partial charge in [-0.3, -0.25) is 0 Å². The second-order valence-electron chi connectivity index (χ2n) is 5.27. The smallest absolute Gasteiger partial charge is 0.0540 e. The molecule has 0 aliphatic carbocycles. The average Bonchev–Trinajstić information content (AvgIpc) is 2.95. The molecule has 4 aromatic rings. The van der Waals surface area contributed by atoms with Crippen molar-refractivity contribution >= 4 is 22.5 Å². The van der Waals surface area contributed by atoms with Gasteiger partial charge in [0.15, 0.2) is 0 Å². The summed E-state index contributed by atoms with van der Waals surface area (Å²) in [4.78, 5) is 0. The average molecular weight is 304 g/mol. The fraction of sp³-hybridized carbons (Fsp3) is 0. The van der Waals surface area contributed by atoms with Crippen LogP contribution < -0.4 is 0 Å². The number of fused-ring (bicyclic) bond motifs is 1. The molecule has 3 aromatic carbocycles. The number of benzene rings is 3. The zero-order chi connectivity index (χ0) is 14.9. The first-order chi connectivity index (χ1) is 10.8. The Morgan fingerprint density at radius 3 is 2.09 bits per heavy atom. The summed E-state index contributed by atoms with van der Waals surface area (Å²) in [5.74, 6) is 0. The van der Waals surface area contributed by atoms with Gasteiger partial charge in [-0.05, 0) is 42.0 Å². The third-order valence-corrected chi connectivity index (χ3v) is 4.08. The van der Waals surface area contributed by atoms with Gasteiger partial charge in [-0.25, -0.2) is 0 Å². The molecule has 0 aliphatic rings. The molecule has 0 atom stereocenters. The minimum absolute atomic E-state index is 0.761. The number of rotatable bonds is 2. The first-order valence-corrected chi connectivity index (χ1v) is 7.62. The Bertz CT molecular complexity index is 924. The molecule has 0 N–H and O–H groups in total. The molecule has 0 spiro atoms. The van der Waals surface area contributed by atoms with Crippen LogP contribution in [0.1, 0.15) is 0 Å². The lowest BCUT2D eigenvalue weighted by Gasteiger charge is -2.11. The van der Waals surface area contributed by atoms with Crippen LogP contribution in [0, 0.1) is 0 Å². The van der Waals surface area contributed by atoms with E-state index in [0.29, 0.717) is 0 Å². The van der Waals surface area contributed by atoms with E-state index < -0.39 is 0 Å². The number of nitrogens with zero attached hydrogens (tertiary/aromatic N) is 1. The van der Waals surface area contributed by atoms with Crippen molar-refractivity contribution in [1.29, 1.82) is 0 Å². The van der Waals surface area contributed by atoms with E-state index in [2.05, 4.69) is 65.2 Å². The van der Waals surface area contributed by atoms with Crippen molar-refractivity contribution in [3.05, 3.63) is 90.0 Å². The highest BCUT2D eigenvalue weighted by atomic mass is 35.5. The van der Waals surface area contributed by atoms with Crippen molar-refractivity contribution < 1.29 is 0 Å². The molecule has 0 unspecified atom stereocenters. The van der Waals surface area contributed by atoms with Gasteiger partial charge in [0, 0.05) is 16.1 Å². The summed E-state index contributed by atoms with van der Waals surface area (Å²) in [7, 11) is 0. The maximum Gasteiger partial charge on any atom is 0.0540 e. The van der Waals surface area contributed by atoms with Crippen molar-refractivity contribution in [1.82, 2.24) is 4.57 Å². The van der Waals surface area contributed by atoms with Gasteiger partial charge in [0.25, 0.3) is 0 Å². The number of para-hydroxylation sites is 1. The maximum atomic E-state index is 6.16. The van der Waals surface area contributed by atoms with Crippen molar-refractivity contribution in [3.8, 4) is 16.9 Å². The Morgan fingerprint density at radius 1 is 0.682 bits per heavy atom. The van der Waals surface area contributed by atoms with Crippen LogP contribution >= 0.6 is 11.6 Å². The zero-order valence-electron chi connectivity index (χ0n) is 11.9. The third kappa shape index (κ3) is 2.20. The van der Waals surface area contributed by atoms with E-state index in [4.69, 9.17) is 11.6 Å². The molecule has 0 saturated heterocycles. The SMILES string of the molecule is Clc1ccc2c(c1)cc(-c1ccccc1)n2-c1ccccc1. The first-order valence-electron chi connectivity index (χ1n) is 7.25. The molecule has 0 bridgehead atoms. The van der Waals surface area contributed by atoms with Crippen LogP contribution in [0.2, 0.25) is 5.02 Å². The van der Waals surface area contributed by atoms with Gasteiger partial charge >= 0.3 is 0 Å². The highest BCUT2D eigenvalue weighted by molar-refractivity contribution is 6.31. The Kier molecular flexibility index (Phi) is 3.21. The van der Waals surface area contributed by atoms with E-state index >= 15 is 0 Å². The summed E-state index contributed by atoms with van der Waals surface area (Å²) in [6.45, 7) is 0. The molecular weight excluding hydrogens is 290 g/mol. The predicted octanol–water partition coefficient (Wildman–Crippen LogP) is 5.95. The molecule has 1 nitrogen and oxygen atoms in total. The van der Waals surface area contributed by atoms with Crippen molar-refractivity contribution in [3.63, 3.8) is 0 Å². The van der Waals surface area contributed by atoms with Gasteiger partial charge < -0.3 is 4.57 Å². The van der Waals surface area contributed by atoms with Crippen molar-refractivity contribution in [2.45, 2.75) is 0 Å². The predicted molar refractivity (Wildman–Crippen MR) is 93.7 cm³/mol. The standard InChI is InChI=1S/C20H14ClN/c21-17-11-12-19-16(13-17)14-20(15-7-3-1-4-8-15)22(19)18-9-5-2-6-10-18/h1-14H. The van der Waals surface area contributed by atoms with Gasteiger partial charge in [0.1, 0.15) is 0 Å². The monoisotopic (exact) mass is 303 g/mol. The molecule has 0 radical (unpaired) electrons. The van der Waals surface area contributed by atoms with Gasteiger partial charge in [-0.15, -0.1) is 0 Å². The highest BCUT2D eigenvalue weighted by Gasteiger charge is 2.12. The van der Waals surface area contributed by atoms with Gasteiger partial charge in [0.05, 0.1) is 11.2 Å². The molecule has 22 heavy (non-hydrogen) atoms. The van der Waals surface area contributed by atoms with Crippen LogP contribution in [0.5, 0.6) is 0 Å². The Morgan fingerprint density at radius 2 is 1.36 bits per heavy atom. The second-order valence-corrected chi connectivity index (χ2v) is 5.71. The highest BCUT2D eigenvalue weighted by Crippen LogP contribution is 2.32. The van der Waals surface area contributed by atoms with E-state index in [-0.39, 0.29) is 0 Å². The van der Waals surface area contributed by atoms with Crippen molar-refractivity contribution in [2.75, 3.05) is 0 Å². The molecule has 0 saturated carbocycles. The fourth-order valence-corrected chi connectivity index (χ4v) is 3.04. The normalized spacial score (nSPS) is 11.0. The van der Waals surface area contributed by atoms with Gasteiger partial charge in [-0.2, -0.15) is 0 Å². The van der Waals surface area contributed by atoms with E-state index in [1.807, 2.05) is 24.3 Å². The van der Waals surface area contributed by atoms with Crippen molar-refractivity contribution in [2.24, 2.45) is 0 Å². The molecule has 0 fully saturated rings. The largest absolute Gasteiger partial charge is 0.309 e. The summed E-state index contributed by atoms with van der Waals surface area (Å²) < 4.78 is 2.28. The van der Waals surface area contributed by atoms with Crippen LogP contribution in [-0.4, -0.2) is 4.57 Å². The summed E-state index contributed by atoms with van der Waals surface area (Å²) in [6.07, 6.45) is 0. The first kappa shape index (κ1) is 13.2. The fourth-order valence-electron chi connectivity index (χ4n) is 2.86. The van der Waals surface area contributed by atoms with E-state index in [9.17, 15) is 0 Å². The van der Waals surface area contributed by atoms with Crippen LogP contribution in [0.3, 0.4) is 0 Å². The lowest BCUT2D eigenvalue weighted by atomic mass is 10.1. The Hall–Kier alpha value is -2.51. The van der Waals surface area contributed by atoms with Gasteiger partial charge in [-0.1, -0.05) is 60.1 Å². The molecular formula is C20H14ClN. The number of halogens is 1. The Labute approximate surface area is 134 Å². The summed E-state index contributed by atoms with van der Waals surface area (Å²) >= 11 is 6.16. The summed E-state index contributed by atoms with van der Waals surface area (Å²) in [5, 5.41) is 1.91. The number of aromatic nitrogens is 1. The van der Waals surface area contributed by atoms with E-state index in [0.717, 1.165) is 21.6 Å². The van der Waals surface area contributed by atoms with Gasteiger partial charge in [0.2, 0.25) is 0 Å². The summed E-state index contributed by atoms with van der Waals surface area (Å²) in [5.41, 5.74) is 4.68. The molecule has 106 valence electrons. The molecule has 2 heteroatoms. The van der Waals surface area contributed by atoms with Crippen LogP contribution in [0.15, 0.2) is 84.9 Å². The molecule has 0 amide bonds. The molecule has 1 aromatic heterocycles. The number of hydrogen-bond donors (Lipinski definition) is 0. The van der Waals surface area contributed by atoms with Crippen LogP contribution in [-0.2, 0) is 0 Å². The molecule has 1 heterocycles. The third-order valence-electron chi connectivity index (χ3n) is 3.85. The lowest BCUT2D eigenvalue weighted by Crippen LogP contribution is -1.96. The number of hydrogen-bond acceptors (Lipinski definition) is 0. The second kappa shape index (κ2) is 5.36. The Balaban J connectivity index is 2.07. The molecule has 4 rings (SSSR count). The van der Waals surface area contributed by atoms with E-state index in [1.54, 1.807) is 0 Å². The zero-order valence-corrected chi connectivity index (χ0v) is 12.7. The summed E-state index contributed by atoms with van der Waals surface area (Å²) in [6, 6.07) is 29.1. The van der Waals surface area contributed by atoms with Crippen LogP contribution in [0.25, 0.3) is 27.8 Å². The van der Waals surface area contributed by atoms with Crippen LogP contribution in [0.4, 0.5) is 0 Å². The minimum atomic E-state index is 0.761. The quantitative estimate of drug-likeness (QED) is 0.431. The van der Waals surface area contributed by atoms with E-state index in [1.165, 1.54) is 11.3 Å². The lowest BCUT2D eigenvalue weighted by molar-refractivity contribution is 1.13. The maximum absolute atomic E-state index is 6.16. The molecule has 0 aliphatic heterocycles. The topological polar surface area (TPSA) is 4.93 Å².